The highest BCUT2D eigenvalue weighted by molar-refractivity contribution is 5.98. The monoisotopic (exact) mass is 363 g/mol. The second-order valence-corrected chi connectivity index (χ2v) is 6.06. The van der Waals surface area contributed by atoms with Crippen LogP contribution in [0.2, 0.25) is 0 Å². The van der Waals surface area contributed by atoms with Crippen LogP contribution < -0.4 is 5.32 Å². The number of carbonyl (C=O) groups is 2. The lowest BCUT2D eigenvalue weighted by Crippen LogP contribution is -2.40. The number of nitrogens with one attached hydrogen (secondary N) is 1. The third-order valence-corrected chi connectivity index (χ3v) is 3.42. The van der Waals surface area contributed by atoms with Crippen molar-refractivity contribution < 1.29 is 31.9 Å². The lowest BCUT2D eigenvalue weighted by molar-refractivity contribution is -0.145. The molecule has 8 heteroatoms. The summed E-state index contributed by atoms with van der Waals surface area (Å²) < 4.78 is 57.4. The third kappa shape index (κ3) is 6.36. The molecule has 0 saturated heterocycles. The fourth-order valence-corrected chi connectivity index (χ4v) is 2.11. The van der Waals surface area contributed by atoms with Gasteiger partial charge in [-0.3, -0.25) is 4.79 Å². The zero-order valence-corrected chi connectivity index (χ0v) is 14.2. The first-order valence-electron chi connectivity index (χ1n) is 7.87. The molecule has 1 unspecified atom stereocenters. The van der Waals surface area contributed by atoms with Crippen LogP contribution >= 0.6 is 0 Å². The van der Waals surface area contributed by atoms with E-state index in [1.165, 1.54) is 6.92 Å². The number of hydrogen-bond acceptors (Lipinski definition) is 3. The Morgan fingerprint density at radius 3 is 2.40 bits per heavy atom. The smallest absolute Gasteiger partial charge is 0.417 e. The summed E-state index contributed by atoms with van der Waals surface area (Å²) in [5.41, 5.74) is -2.54. The number of hydrogen-bond donors (Lipinski definition) is 1. The van der Waals surface area contributed by atoms with Crippen LogP contribution in [0.4, 0.5) is 17.6 Å². The second-order valence-electron chi connectivity index (χ2n) is 6.06. The van der Waals surface area contributed by atoms with Crippen molar-refractivity contribution in [2.45, 2.75) is 45.8 Å². The molecule has 1 aromatic rings. The molecule has 1 N–H and O–H groups in total. The van der Waals surface area contributed by atoms with Gasteiger partial charge in [-0.05, 0) is 37.8 Å². The summed E-state index contributed by atoms with van der Waals surface area (Å²) in [5, 5.41) is 2.05. The molecular formula is C17H21F4NO3. The van der Waals surface area contributed by atoms with Crippen molar-refractivity contribution in [3.8, 4) is 0 Å². The summed E-state index contributed by atoms with van der Waals surface area (Å²) in [7, 11) is 0. The summed E-state index contributed by atoms with van der Waals surface area (Å²) in [6.07, 6.45) is -3.41. The van der Waals surface area contributed by atoms with Crippen molar-refractivity contribution in [3.63, 3.8) is 0 Å². The molecule has 140 valence electrons. The van der Waals surface area contributed by atoms with E-state index in [-0.39, 0.29) is 6.61 Å². The fourth-order valence-electron chi connectivity index (χ4n) is 2.11. The van der Waals surface area contributed by atoms with Gasteiger partial charge in [0.25, 0.3) is 5.91 Å². The molecule has 1 amide bonds. The maximum atomic E-state index is 13.7. The highest BCUT2D eigenvalue weighted by atomic mass is 19.4. The van der Waals surface area contributed by atoms with Gasteiger partial charge in [0, 0.05) is 0 Å². The summed E-state index contributed by atoms with van der Waals surface area (Å²) >= 11 is 0. The number of esters is 1. The van der Waals surface area contributed by atoms with Crippen molar-refractivity contribution in [2.75, 3.05) is 6.61 Å². The van der Waals surface area contributed by atoms with E-state index >= 15 is 0 Å². The SMILES string of the molecule is CC(C)CCCOC(=O)C(C)NC(=O)c1c(F)cccc1C(F)(F)F. The van der Waals surface area contributed by atoms with Crippen LogP contribution in [0.15, 0.2) is 18.2 Å². The van der Waals surface area contributed by atoms with Crippen LogP contribution in [0.5, 0.6) is 0 Å². The van der Waals surface area contributed by atoms with Gasteiger partial charge in [0.15, 0.2) is 0 Å². The van der Waals surface area contributed by atoms with Crippen LogP contribution in [-0.4, -0.2) is 24.5 Å². The molecule has 0 aliphatic carbocycles. The number of alkyl halides is 3. The molecule has 0 aromatic heterocycles. The molecule has 1 rings (SSSR count). The van der Waals surface area contributed by atoms with Crippen molar-refractivity contribution in [1.82, 2.24) is 5.32 Å². The Kier molecular flexibility index (Phi) is 7.38. The molecule has 25 heavy (non-hydrogen) atoms. The van der Waals surface area contributed by atoms with Gasteiger partial charge in [-0.2, -0.15) is 13.2 Å². The Labute approximate surface area is 143 Å². The van der Waals surface area contributed by atoms with E-state index in [1.54, 1.807) is 0 Å². The predicted molar refractivity (Wildman–Crippen MR) is 83.4 cm³/mol. The Morgan fingerprint density at radius 2 is 1.84 bits per heavy atom. The maximum absolute atomic E-state index is 13.7. The largest absolute Gasteiger partial charge is 0.464 e. The maximum Gasteiger partial charge on any atom is 0.417 e. The lowest BCUT2D eigenvalue weighted by Gasteiger charge is -2.17. The standard InChI is InChI=1S/C17H21F4NO3/c1-10(2)6-5-9-25-16(24)11(3)22-15(23)14-12(17(19,20)21)7-4-8-13(14)18/h4,7-8,10-11H,5-6,9H2,1-3H3,(H,22,23). The zero-order chi connectivity index (χ0) is 19.2. The molecule has 0 radical (unpaired) electrons. The van der Waals surface area contributed by atoms with Gasteiger partial charge in [-0.25, -0.2) is 9.18 Å². The Bertz CT molecular complexity index is 614. The third-order valence-electron chi connectivity index (χ3n) is 3.42. The average molecular weight is 363 g/mol. The topological polar surface area (TPSA) is 55.4 Å². The molecule has 0 saturated carbocycles. The number of halogens is 4. The van der Waals surface area contributed by atoms with Gasteiger partial charge in [-0.1, -0.05) is 19.9 Å². The van der Waals surface area contributed by atoms with E-state index in [4.69, 9.17) is 4.74 Å². The highest BCUT2D eigenvalue weighted by Gasteiger charge is 2.37. The fraction of sp³-hybridized carbons (Fsp3) is 0.529. The van der Waals surface area contributed by atoms with E-state index in [1.807, 2.05) is 19.2 Å². The summed E-state index contributed by atoms with van der Waals surface area (Å²) in [6, 6.07) is 1.01. The minimum absolute atomic E-state index is 0.144. The Morgan fingerprint density at radius 1 is 1.20 bits per heavy atom. The quantitative estimate of drug-likeness (QED) is 0.454. The molecule has 4 nitrogen and oxygen atoms in total. The van der Waals surface area contributed by atoms with Gasteiger partial charge < -0.3 is 10.1 Å². The molecule has 0 aliphatic heterocycles. The first kappa shape index (κ1) is 20.9. The molecule has 1 aromatic carbocycles. The highest BCUT2D eigenvalue weighted by Crippen LogP contribution is 2.33. The molecule has 0 fully saturated rings. The van der Waals surface area contributed by atoms with Crippen LogP contribution in [0.25, 0.3) is 0 Å². The average Bonchev–Trinajstić information content (AvgIpc) is 2.49. The number of benzene rings is 1. The number of ether oxygens (including phenoxy) is 1. The van der Waals surface area contributed by atoms with Crippen molar-refractivity contribution >= 4 is 11.9 Å². The minimum Gasteiger partial charge on any atom is -0.464 e. The Hall–Kier alpha value is -2.12. The summed E-state index contributed by atoms with van der Waals surface area (Å²) in [6.45, 7) is 5.43. The molecule has 0 aliphatic rings. The van der Waals surface area contributed by atoms with Crippen LogP contribution in [0, 0.1) is 11.7 Å². The predicted octanol–water partition coefficient (Wildman–Crippen LogP) is 3.94. The van der Waals surface area contributed by atoms with Gasteiger partial charge in [0.1, 0.15) is 11.9 Å². The van der Waals surface area contributed by atoms with Crippen LogP contribution in [0.3, 0.4) is 0 Å². The Balaban J connectivity index is 2.74. The van der Waals surface area contributed by atoms with Crippen molar-refractivity contribution in [2.24, 2.45) is 5.92 Å². The molecule has 0 heterocycles. The summed E-state index contributed by atoms with van der Waals surface area (Å²) in [4.78, 5) is 23.8. The molecular weight excluding hydrogens is 342 g/mol. The lowest BCUT2D eigenvalue weighted by atomic mass is 10.1. The normalized spacial score (nSPS) is 12.8. The van der Waals surface area contributed by atoms with E-state index in [9.17, 15) is 27.2 Å². The van der Waals surface area contributed by atoms with Gasteiger partial charge in [0.2, 0.25) is 0 Å². The van der Waals surface area contributed by atoms with E-state index in [0.717, 1.165) is 18.6 Å². The molecule has 0 bridgehead atoms. The number of carbonyl (C=O) groups excluding carboxylic acids is 2. The van der Waals surface area contributed by atoms with Crippen LogP contribution in [0.1, 0.15) is 49.5 Å². The second kappa shape index (κ2) is 8.82. The van der Waals surface area contributed by atoms with E-state index in [0.29, 0.717) is 18.4 Å². The number of amides is 1. The van der Waals surface area contributed by atoms with Crippen molar-refractivity contribution in [3.05, 3.63) is 35.1 Å². The van der Waals surface area contributed by atoms with Gasteiger partial charge in [0.05, 0.1) is 17.7 Å². The first-order valence-corrected chi connectivity index (χ1v) is 7.87. The molecule has 1 atom stereocenters. The zero-order valence-electron chi connectivity index (χ0n) is 14.2. The van der Waals surface area contributed by atoms with Crippen molar-refractivity contribution in [1.29, 1.82) is 0 Å². The minimum atomic E-state index is -4.89. The van der Waals surface area contributed by atoms with Gasteiger partial charge >= 0.3 is 12.1 Å². The molecule has 0 spiro atoms. The number of rotatable bonds is 7. The first-order chi connectivity index (χ1) is 11.5. The van der Waals surface area contributed by atoms with Crippen LogP contribution in [-0.2, 0) is 15.7 Å². The van der Waals surface area contributed by atoms with E-state index in [2.05, 4.69) is 0 Å². The van der Waals surface area contributed by atoms with Gasteiger partial charge in [-0.15, -0.1) is 0 Å². The summed E-state index contributed by atoms with van der Waals surface area (Å²) in [5.74, 6) is -2.98. The van der Waals surface area contributed by atoms with E-state index < -0.39 is 41.0 Å².